The maximum absolute atomic E-state index is 11.6. The molecule has 0 atom stereocenters. The number of carbonyl (C=O) groups is 1. The van der Waals surface area contributed by atoms with Gasteiger partial charge >= 0.3 is 0 Å². The first kappa shape index (κ1) is 13.7. The Morgan fingerprint density at radius 3 is 2.76 bits per heavy atom. The van der Waals surface area contributed by atoms with Crippen molar-refractivity contribution >= 4 is 11.7 Å². The minimum Gasteiger partial charge on any atom is -0.308 e. The van der Waals surface area contributed by atoms with Gasteiger partial charge in [-0.2, -0.15) is 5.10 Å². The zero-order valence-corrected chi connectivity index (χ0v) is 11.1. The lowest BCUT2D eigenvalue weighted by Gasteiger charge is -2.19. The molecule has 0 aromatic carbocycles. The van der Waals surface area contributed by atoms with Crippen LogP contribution in [0, 0.1) is 0 Å². The number of H-pyrrole nitrogens is 1. The first-order valence-corrected chi connectivity index (χ1v) is 6.00. The number of carbonyl (C=O) groups excluding carboxylic acids is 1. The number of aromatic amines is 1. The smallest absolute Gasteiger partial charge is 0.239 e. The molecule has 17 heavy (non-hydrogen) atoms. The molecule has 5 heteroatoms. The highest BCUT2D eigenvalue weighted by Gasteiger charge is 2.12. The predicted molar refractivity (Wildman–Crippen MR) is 69.0 cm³/mol. The molecule has 0 aliphatic rings. The Kier molecular flexibility index (Phi) is 4.69. The Bertz CT molecular complexity index is 365. The van der Waals surface area contributed by atoms with Crippen molar-refractivity contribution in [1.82, 2.24) is 15.5 Å². The Labute approximate surface area is 102 Å². The lowest BCUT2D eigenvalue weighted by atomic mass is 10.1. The fourth-order valence-electron chi connectivity index (χ4n) is 1.36. The van der Waals surface area contributed by atoms with Crippen LogP contribution in [0.15, 0.2) is 6.07 Å². The van der Waals surface area contributed by atoms with Gasteiger partial charge < -0.3 is 10.6 Å². The summed E-state index contributed by atoms with van der Waals surface area (Å²) >= 11 is 0. The highest BCUT2D eigenvalue weighted by molar-refractivity contribution is 5.91. The maximum Gasteiger partial charge on any atom is 0.239 e. The zero-order chi connectivity index (χ0) is 12.9. The SMILES string of the molecule is CCCc1cc(NC(=O)CNC(C)(C)C)n[nH]1. The second-order valence-electron chi connectivity index (χ2n) is 5.18. The maximum atomic E-state index is 11.6. The van der Waals surface area contributed by atoms with E-state index in [0.29, 0.717) is 12.4 Å². The molecule has 3 N–H and O–H groups in total. The molecule has 5 nitrogen and oxygen atoms in total. The topological polar surface area (TPSA) is 69.8 Å². The molecule has 0 saturated carbocycles. The van der Waals surface area contributed by atoms with E-state index in [1.54, 1.807) is 0 Å². The van der Waals surface area contributed by atoms with Gasteiger partial charge in [-0.25, -0.2) is 0 Å². The van der Waals surface area contributed by atoms with Gasteiger partial charge in [-0.1, -0.05) is 13.3 Å². The van der Waals surface area contributed by atoms with Crippen molar-refractivity contribution < 1.29 is 4.79 Å². The second kappa shape index (κ2) is 5.82. The van der Waals surface area contributed by atoms with E-state index >= 15 is 0 Å². The molecular weight excluding hydrogens is 216 g/mol. The molecule has 0 spiro atoms. The quantitative estimate of drug-likeness (QED) is 0.731. The zero-order valence-electron chi connectivity index (χ0n) is 11.1. The highest BCUT2D eigenvalue weighted by atomic mass is 16.2. The third-order valence-electron chi connectivity index (χ3n) is 2.20. The Balaban J connectivity index is 2.39. The number of aromatic nitrogens is 2. The van der Waals surface area contributed by atoms with Crippen molar-refractivity contribution in [3.05, 3.63) is 11.8 Å². The van der Waals surface area contributed by atoms with E-state index in [4.69, 9.17) is 0 Å². The van der Waals surface area contributed by atoms with Gasteiger partial charge in [-0.15, -0.1) is 0 Å². The molecule has 0 radical (unpaired) electrons. The number of rotatable bonds is 5. The van der Waals surface area contributed by atoms with Crippen LogP contribution in [0.2, 0.25) is 0 Å². The largest absolute Gasteiger partial charge is 0.308 e. The van der Waals surface area contributed by atoms with Crippen LogP contribution < -0.4 is 10.6 Å². The highest BCUT2D eigenvalue weighted by Crippen LogP contribution is 2.07. The van der Waals surface area contributed by atoms with Crippen LogP contribution in [0.1, 0.15) is 39.8 Å². The van der Waals surface area contributed by atoms with E-state index in [1.165, 1.54) is 0 Å². The summed E-state index contributed by atoms with van der Waals surface area (Å²) in [6.45, 7) is 8.46. The van der Waals surface area contributed by atoms with Crippen LogP contribution in [0.25, 0.3) is 0 Å². The van der Waals surface area contributed by atoms with Crippen LogP contribution >= 0.6 is 0 Å². The van der Waals surface area contributed by atoms with Crippen molar-refractivity contribution in [3.8, 4) is 0 Å². The summed E-state index contributed by atoms with van der Waals surface area (Å²) in [6, 6.07) is 1.87. The Hall–Kier alpha value is -1.36. The third kappa shape index (κ3) is 5.49. The Morgan fingerprint density at radius 1 is 1.47 bits per heavy atom. The van der Waals surface area contributed by atoms with Gasteiger partial charge in [0, 0.05) is 17.3 Å². The van der Waals surface area contributed by atoms with E-state index in [-0.39, 0.29) is 11.4 Å². The molecule has 1 amide bonds. The minimum absolute atomic E-state index is 0.0592. The lowest BCUT2D eigenvalue weighted by molar-refractivity contribution is -0.115. The normalized spacial score (nSPS) is 11.5. The molecule has 1 aromatic heterocycles. The average Bonchev–Trinajstić information content (AvgIpc) is 2.62. The number of hydrogen-bond donors (Lipinski definition) is 3. The standard InChI is InChI=1S/C12H22N4O/c1-5-6-9-7-10(16-15-9)14-11(17)8-13-12(2,3)4/h7,13H,5-6,8H2,1-4H3,(H2,14,15,16,17). The fraction of sp³-hybridized carbons (Fsp3) is 0.667. The average molecular weight is 238 g/mol. The van der Waals surface area contributed by atoms with E-state index in [2.05, 4.69) is 27.8 Å². The molecule has 96 valence electrons. The van der Waals surface area contributed by atoms with Gasteiger partial charge in [0.1, 0.15) is 0 Å². The lowest BCUT2D eigenvalue weighted by Crippen LogP contribution is -2.41. The summed E-state index contributed by atoms with van der Waals surface area (Å²) in [6.07, 6.45) is 2.00. The Morgan fingerprint density at radius 2 is 2.18 bits per heavy atom. The molecule has 1 rings (SSSR count). The summed E-state index contributed by atoms with van der Waals surface area (Å²) in [4.78, 5) is 11.6. The molecule has 0 unspecified atom stereocenters. The molecule has 0 bridgehead atoms. The number of anilines is 1. The molecule has 0 saturated heterocycles. The number of nitrogens with one attached hydrogen (secondary N) is 3. The summed E-state index contributed by atoms with van der Waals surface area (Å²) < 4.78 is 0. The van der Waals surface area contributed by atoms with Crippen molar-refractivity contribution in [3.63, 3.8) is 0 Å². The first-order valence-electron chi connectivity index (χ1n) is 6.00. The fourth-order valence-corrected chi connectivity index (χ4v) is 1.36. The summed E-state index contributed by atoms with van der Waals surface area (Å²) in [5, 5.41) is 12.8. The predicted octanol–water partition coefficient (Wildman–Crippen LogP) is 1.69. The van der Waals surface area contributed by atoms with E-state index in [0.717, 1.165) is 18.5 Å². The van der Waals surface area contributed by atoms with Crippen LogP contribution in [0.5, 0.6) is 0 Å². The van der Waals surface area contributed by atoms with Gasteiger partial charge in [0.2, 0.25) is 5.91 Å². The van der Waals surface area contributed by atoms with Gasteiger partial charge in [0.15, 0.2) is 5.82 Å². The van der Waals surface area contributed by atoms with Gasteiger partial charge in [0.25, 0.3) is 0 Å². The molecule has 0 aliphatic heterocycles. The molecule has 1 aromatic rings. The number of nitrogens with zero attached hydrogens (tertiary/aromatic N) is 1. The summed E-state index contributed by atoms with van der Waals surface area (Å²) in [7, 11) is 0. The van der Waals surface area contributed by atoms with Gasteiger partial charge in [0.05, 0.1) is 6.54 Å². The molecular formula is C12H22N4O. The van der Waals surface area contributed by atoms with E-state index < -0.39 is 0 Å². The second-order valence-corrected chi connectivity index (χ2v) is 5.18. The number of aryl methyl sites for hydroxylation is 1. The van der Waals surface area contributed by atoms with Crippen molar-refractivity contribution in [2.75, 3.05) is 11.9 Å². The molecule has 1 heterocycles. The summed E-state index contributed by atoms with van der Waals surface area (Å²) in [5.74, 6) is 0.517. The number of hydrogen-bond acceptors (Lipinski definition) is 3. The van der Waals surface area contributed by atoms with E-state index in [1.807, 2.05) is 26.8 Å². The van der Waals surface area contributed by atoms with Crippen LogP contribution in [-0.4, -0.2) is 28.2 Å². The van der Waals surface area contributed by atoms with Crippen LogP contribution in [-0.2, 0) is 11.2 Å². The van der Waals surface area contributed by atoms with Crippen molar-refractivity contribution in [2.24, 2.45) is 0 Å². The van der Waals surface area contributed by atoms with E-state index in [9.17, 15) is 4.79 Å². The van der Waals surface area contributed by atoms with Gasteiger partial charge in [-0.3, -0.25) is 9.89 Å². The summed E-state index contributed by atoms with van der Waals surface area (Å²) in [5.41, 5.74) is 0.989. The monoisotopic (exact) mass is 238 g/mol. The third-order valence-corrected chi connectivity index (χ3v) is 2.20. The van der Waals surface area contributed by atoms with Crippen LogP contribution in [0.4, 0.5) is 5.82 Å². The van der Waals surface area contributed by atoms with Crippen molar-refractivity contribution in [2.45, 2.75) is 46.1 Å². The number of amides is 1. The first-order chi connectivity index (χ1) is 7.90. The van der Waals surface area contributed by atoms with Gasteiger partial charge in [-0.05, 0) is 27.2 Å². The molecule has 0 aliphatic carbocycles. The molecule has 0 fully saturated rings. The van der Waals surface area contributed by atoms with Crippen molar-refractivity contribution in [1.29, 1.82) is 0 Å². The minimum atomic E-state index is -0.0746. The van der Waals surface area contributed by atoms with Crippen LogP contribution in [0.3, 0.4) is 0 Å².